The SMILES string of the molecule is CCc1nc(-c2c(OCCCN(C)C)ccc3ccccc23)sc1C(=O)O. The van der Waals surface area contributed by atoms with E-state index in [0.717, 1.165) is 35.1 Å². The van der Waals surface area contributed by atoms with E-state index < -0.39 is 5.97 Å². The molecule has 3 rings (SSSR count). The smallest absolute Gasteiger partial charge is 0.347 e. The molecule has 142 valence electrons. The first-order chi connectivity index (χ1) is 13.0. The molecule has 1 heterocycles. The Morgan fingerprint density at radius 3 is 2.67 bits per heavy atom. The van der Waals surface area contributed by atoms with Crippen molar-refractivity contribution in [2.45, 2.75) is 19.8 Å². The summed E-state index contributed by atoms with van der Waals surface area (Å²) >= 11 is 1.22. The number of hydrogen-bond acceptors (Lipinski definition) is 5. The van der Waals surface area contributed by atoms with Gasteiger partial charge in [-0.1, -0.05) is 37.3 Å². The number of carboxylic acid groups (broad SMARTS) is 1. The first-order valence-corrected chi connectivity index (χ1v) is 9.85. The third-order valence-corrected chi connectivity index (χ3v) is 5.44. The van der Waals surface area contributed by atoms with Crippen LogP contribution in [0, 0.1) is 0 Å². The van der Waals surface area contributed by atoms with Crippen LogP contribution >= 0.6 is 11.3 Å². The van der Waals surface area contributed by atoms with Gasteiger partial charge in [0, 0.05) is 6.54 Å². The summed E-state index contributed by atoms with van der Waals surface area (Å²) in [4.78, 5) is 18.6. The number of rotatable bonds is 8. The van der Waals surface area contributed by atoms with Crippen molar-refractivity contribution in [1.29, 1.82) is 0 Å². The molecule has 0 spiro atoms. The molecule has 6 heteroatoms. The van der Waals surface area contributed by atoms with Gasteiger partial charge >= 0.3 is 5.97 Å². The predicted molar refractivity (Wildman–Crippen MR) is 110 cm³/mol. The Kier molecular flexibility index (Phi) is 6.08. The minimum Gasteiger partial charge on any atom is -0.493 e. The fraction of sp³-hybridized carbons (Fsp3) is 0.333. The molecule has 0 saturated carbocycles. The summed E-state index contributed by atoms with van der Waals surface area (Å²) in [5.74, 6) is -0.176. The highest BCUT2D eigenvalue weighted by atomic mass is 32.1. The summed E-state index contributed by atoms with van der Waals surface area (Å²) in [6, 6.07) is 12.0. The molecule has 2 aromatic carbocycles. The van der Waals surface area contributed by atoms with Gasteiger partial charge in [0.15, 0.2) is 0 Å². The summed E-state index contributed by atoms with van der Waals surface area (Å²) in [6.45, 7) is 3.47. The molecule has 1 aromatic heterocycles. The molecule has 0 aliphatic heterocycles. The Morgan fingerprint density at radius 2 is 2.00 bits per heavy atom. The fourth-order valence-electron chi connectivity index (χ4n) is 3.02. The van der Waals surface area contributed by atoms with Crippen molar-refractivity contribution in [2.75, 3.05) is 27.2 Å². The first-order valence-electron chi connectivity index (χ1n) is 9.04. The Bertz CT molecular complexity index is 950. The van der Waals surface area contributed by atoms with Gasteiger partial charge in [0.2, 0.25) is 0 Å². The van der Waals surface area contributed by atoms with Gasteiger partial charge in [0.1, 0.15) is 15.6 Å². The number of carbonyl (C=O) groups is 1. The van der Waals surface area contributed by atoms with Crippen LogP contribution in [0.1, 0.15) is 28.7 Å². The highest BCUT2D eigenvalue weighted by Gasteiger charge is 2.21. The molecule has 1 N–H and O–H groups in total. The number of thiazole rings is 1. The van der Waals surface area contributed by atoms with Gasteiger partial charge in [-0.3, -0.25) is 0 Å². The number of aromatic carboxylic acids is 1. The number of aryl methyl sites for hydroxylation is 1. The van der Waals surface area contributed by atoms with Crippen molar-refractivity contribution in [3.05, 3.63) is 47.0 Å². The van der Waals surface area contributed by atoms with Crippen LogP contribution in [0.3, 0.4) is 0 Å². The zero-order valence-corrected chi connectivity index (χ0v) is 16.7. The number of ether oxygens (including phenoxy) is 1. The van der Waals surface area contributed by atoms with Crippen molar-refractivity contribution >= 4 is 28.1 Å². The number of carboxylic acids is 1. The maximum atomic E-state index is 11.6. The van der Waals surface area contributed by atoms with Crippen LogP contribution in [-0.2, 0) is 6.42 Å². The van der Waals surface area contributed by atoms with Gasteiger partial charge < -0.3 is 14.7 Å². The lowest BCUT2D eigenvalue weighted by molar-refractivity contribution is 0.0701. The van der Waals surface area contributed by atoms with Crippen LogP contribution in [-0.4, -0.2) is 48.2 Å². The minimum absolute atomic E-state index is 0.305. The molecular formula is C21H24N2O3S. The summed E-state index contributed by atoms with van der Waals surface area (Å²) in [5.41, 5.74) is 1.50. The quantitative estimate of drug-likeness (QED) is 0.577. The van der Waals surface area contributed by atoms with E-state index >= 15 is 0 Å². The second kappa shape index (κ2) is 8.50. The van der Waals surface area contributed by atoms with Crippen molar-refractivity contribution in [1.82, 2.24) is 9.88 Å². The second-order valence-corrected chi connectivity index (χ2v) is 7.62. The van der Waals surface area contributed by atoms with Crippen LogP contribution in [0.4, 0.5) is 0 Å². The Hall–Kier alpha value is -2.44. The van der Waals surface area contributed by atoms with Crippen molar-refractivity contribution in [3.63, 3.8) is 0 Å². The molecule has 0 radical (unpaired) electrons. The molecule has 27 heavy (non-hydrogen) atoms. The van der Waals surface area contributed by atoms with Crippen LogP contribution < -0.4 is 4.74 Å². The minimum atomic E-state index is -0.927. The third-order valence-electron chi connectivity index (χ3n) is 4.34. The molecule has 0 aliphatic carbocycles. The molecule has 5 nitrogen and oxygen atoms in total. The van der Waals surface area contributed by atoms with Gasteiger partial charge in [-0.25, -0.2) is 9.78 Å². The lowest BCUT2D eigenvalue weighted by atomic mass is 10.0. The van der Waals surface area contributed by atoms with E-state index in [9.17, 15) is 9.90 Å². The van der Waals surface area contributed by atoms with E-state index in [1.807, 2.05) is 57.4 Å². The highest BCUT2D eigenvalue weighted by Crippen LogP contribution is 2.40. The highest BCUT2D eigenvalue weighted by molar-refractivity contribution is 7.17. The number of aromatic nitrogens is 1. The van der Waals surface area contributed by atoms with Crippen LogP contribution in [0.5, 0.6) is 5.75 Å². The number of benzene rings is 2. The average Bonchev–Trinajstić information content (AvgIpc) is 3.09. The largest absolute Gasteiger partial charge is 0.493 e. The topological polar surface area (TPSA) is 62.7 Å². The summed E-state index contributed by atoms with van der Waals surface area (Å²) in [7, 11) is 4.08. The lowest BCUT2D eigenvalue weighted by Gasteiger charge is -2.14. The van der Waals surface area contributed by atoms with Crippen molar-refractivity contribution in [2.24, 2.45) is 0 Å². The third kappa shape index (κ3) is 4.28. The van der Waals surface area contributed by atoms with Crippen LogP contribution in [0.25, 0.3) is 21.3 Å². The molecule has 0 atom stereocenters. The summed E-state index contributed by atoms with van der Waals surface area (Å²) in [5, 5.41) is 12.3. The van der Waals surface area contributed by atoms with Gasteiger partial charge in [-0.05, 0) is 43.8 Å². The zero-order chi connectivity index (χ0) is 19.4. The fourth-order valence-corrected chi connectivity index (χ4v) is 4.08. The normalized spacial score (nSPS) is 11.3. The molecule has 0 bridgehead atoms. The molecule has 0 unspecified atom stereocenters. The predicted octanol–water partition coefficient (Wildman–Crippen LogP) is 4.55. The Morgan fingerprint density at radius 1 is 1.22 bits per heavy atom. The number of nitrogens with zero attached hydrogens (tertiary/aromatic N) is 2. The van der Waals surface area contributed by atoms with E-state index in [1.54, 1.807) is 0 Å². The molecular weight excluding hydrogens is 360 g/mol. The van der Waals surface area contributed by atoms with Crippen LogP contribution in [0.15, 0.2) is 36.4 Å². The number of hydrogen-bond donors (Lipinski definition) is 1. The van der Waals surface area contributed by atoms with Crippen LogP contribution in [0.2, 0.25) is 0 Å². The van der Waals surface area contributed by atoms with Gasteiger partial charge in [-0.2, -0.15) is 0 Å². The van der Waals surface area contributed by atoms with E-state index in [4.69, 9.17) is 4.74 Å². The van der Waals surface area contributed by atoms with E-state index in [2.05, 4.69) is 9.88 Å². The Labute approximate surface area is 163 Å². The molecule has 0 fully saturated rings. The first kappa shape index (κ1) is 19.3. The zero-order valence-electron chi connectivity index (χ0n) is 15.9. The maximum absolute atomic E-state index is 11.6. The summed E-state index contributed by atoms with van der Waals surface area (Å²) in [6.07, 6.45) is 1.50. The Balaban J connectivity index is 2.06. The number of fused-ring (bicyclic) bond motifs is 1. The van der Waals surface area contributed by atoms with Gasteiger partial charge in [0.05, 0.1) is 17.9 Å². The van der Waals surface area contributed by atoms with Gasteiger partial charge in [-0.15, -0.1) is 11.3 Å². The molecule has 3 aromatic rings. The standard InChI is InChI=1S/C21H24N2O3S/c1-4-16-19(21(24)25)27-20(22-16)18-15-9-6-5-8-14(15)10-11-17(18)26-13-7-12-23(2)3/h5-6,8-11H,4,7,12-13H2,1-3H3,(H,24,25). The second-order valence-electron chi connectivity index (χ2n) is 6.62. The van der Waals surface area contributed by atoms with E-state index in [-0.39, 0.29) is 0 Å². The van der Waals surface area contributed by atoms with Crippen molar-refractivity contribution < 1.29 is 14.6 Å². The monoisotopic (exact) mass is 384 g/mol. The summed E-state index contributed by atoms with van der Waals surface area (Å²) < 4.78 is 6.09. The van der Waals surface area contributed by atoms with E-state index in [1.165, 1.54) is 11.3 Å². The average molecular weight is 385 g/mol. The molecule has 0 saturated heterocycles. The molecule has 0 amide bonds. The maximum Gasteiger partial charge on any atom is 0.347 e. The van der Waals surface area contributed by atoms with Gasteiger partial charge in [0.25, 0.3) is 0 Å². The lowest BCUT2D eigenvalue weighted by Crippen LogP contribution is -2.15. The van der Waals surface area contributed by atoms with E-state index in [0.29, 0.717) is 28.6 Å². The van der Waals surface area contributed by atoms with Crippen molar-refractivity contribution in [3.8, 4) is 16.3 Å². The molecule has 0 aliphatic rings.